The number of nitrogens with two attached hydrogens (primary N) is 1. The third-order valence-electron chi connectivity index (χ3n) is 2.72. The van der Waals surface area contributed by atoms with Crippen LogP contribution in [0, 0.1) is 6.92 Å². The molecule has 1 aromatic carbocycles. The zero-order valence-electron chi connectivity index (χ0n) is 11.0. The smallest absolute Gasteiger partial charge is 0.133 e. The van der Waals surface area contributed by atoms with Crippen LogP contribution in [0.4, 0.5) is 0 Å². The lowest BCUT2D eigenvalue weighted by Gasteiger charge is -2.08. The first-order chi connectivity index (χ1) is 9.13. The predicted molar refractivity (Wildman–Crippen MR) is 79.2 cm³/mol. The van der Waals surface area contributed by atoms with Gasteiger partial charge in [0.05, 0.1) is 17.3 Å². The number of hydrogen-bond acceptors (Lipinski definition) is 4. The van der Waals surface area contributed by atoms with Gasteiger partial charge < -0.3 is 10.5 Å². The fourth-order valence-electron chi connectivity index (χ4n) is 1.84. The van der Waals surface area contributed by atoms with E-state index in [-0.39, 0.29) is 0 Å². The Labute approximate surface area is 121 Å². The maximum absolute atomic E-state index is 5.56. The van der Waals surface area contributed by atoms with Gasteiger partial charge in [-0.1, -0.05) is 0 Å². The molecule has 0 aliphatic carbocycles. The van der Waals surface area contributed by atoms with Crippen LogP contribution in [0.2, 0.25) is 0 Å². The van der Waals surface area contributed by atoms with Crippen molar-refractivity contribution in [3.8, 4) is 17.0 Å². The highest BCUT2D eigenvalue weighted by Crippen LogP contribution is 2.29. The minimum atomic E-state index is 0.551. The van der Waals surface area contributed by atoms with Gasteiger partial charge in [0.2, 0.25) is 0 Å². The summed E-state index contributed by atoms with van der Waals surface area (Å²) in [6.45, 7) is 2.51. The molecule has 0 saturated heterocycles. The second-order valence-electron chi connectivity index (χ2n) is 4.20. The van der Waals surface area contributed by atoms with Gasteiger partial charge in [-0.2, -0.15) is 0 Å². The van der Waals surface area contributed by atoms with Crippen molar-refractivity contribution in [1.82, 2.24) is 9.97 Å². The highest BCUT2D eigenvalue weighted by Gasteiger charge is 2.07. The Morgan fingerprint density at radius 1 is 1.26 bits per heavy atom. The molecule has 2 rings (SSSR count). The molecule has 5 heteroatoms. The molecule has 0 fully saturated rings. The van der Waals surface area contributed by atoms with Gasteiger partial charge in [0.15, 0.2) is 0 Å². The van der Waals surface area contributed by atoms with Crippen LogP contribution in [-0.2, 0) is 6.42 Å². The second-order valence-corrected chi connectivity index (χ2v) is 5.05. The van der Waals surface area contributed by atoms with Crippen molar-refractivity contribution in [1.29, 1.82) is 0 Å². The maximum Gasteiger partial charge on any atom is 0.133 e. The lowest BCUT2D eigenvalue weighted by atomic mass is 10.1. The van der Waals surface area contributed by atoms with Crippen molar-refractivity contribution in [2.75, 3.05) is 13.7 Å². The Hall–Kier alpha value is -1.46. The van der Waals surface area contributed by atoms with Crippen LogP contribution in [-0.4, -0.2) is 23.6 Å². The summed E-state index contributed by atoms with van der Waals surface area (Å²) < 4.78 is 6.13. The van der Waals surface area contributed by atoms with E-state index in [2.05, 4.69) is 25.9 Å². The van der Waals surface area contributed by atoms with Gasteiger partial charge >= 0.3 is 0 Å². The van der Waals surface area contributed by atoms with Gasteiger partial charge in [0.1, 0.15) is 11.6 Å². The standard InChI is InChI=1S/C14H16BrN3O/c1-9-7-12(18-14(17-9)5-6-16)10-3-4-13(19-2)11(15)8-10/h3-4,7-8H,5-6,16H2,1-2H3. The molecule has 1 aromatic heterocycles. The first-order valence-electron chi connectivity index (χ1n) is 6.02. The maximum atomic E-state index is 5.56. The zero-order valence-corrected chi connectivity index (χ0v) is 12.6. The van der Waals surface area contributed by atoms with E-state index in [0.29, 0.717) is 13.0 Å². The van der Waals surface area contributed by atoms with Gasteiger partial charge in [0, 0.05) is 17.7 Å². The number of methoxy groups -OCH3 is 1. The third kappa shape index (κ3) is 3.30. The van der Waals surface area contributed by atoms with Crippen LogP contribution in [0.5, 0.6) is 5.75 Å². The number of aryl methyl sites for hydroxylation is 1. The van der Waals surface area contributed by atoms with Crippen LogP contribution in [0.25, 0.3) is 11.3 Å². The van der Waals surface area contributed by atoms with E-state index >= 15 is 0 Å². The van der Waals surface area contributed by atoms with Crippen molar-refractivity contribution in [2.24, 2.45) is 5.73 Å². The van der Waals surface area contributed by atoms with E-state index in [4.69, 9.17) is 10.5 Å². The molecule has 4 nitrogen and oxygen atoms in total. The first kappa shape index (κ1) is 14.0. The SMILES string of the molecule is COc1ccc(-c2cc(C)nc(CCN)n2)cc1Br. The van der Waals surface area contributed by atoms with Crippen LogP contribution in [0.15, 0.2) is 28.7 Å². The Kier molecular flexibility index (Phi) is 4.50. The average molecular weight is 322 g/mol. The summed E-state index contributed by atoms with van der Waals surface area (Å²) in [5.41, 5.74) is 8.43. The molecular formula is C14H16BrN3O. The minimum Gasteiger partial charge on any atom is -0.496 e. The van der Waals surface area contributed by atoms with E-state index in [1.54, 1.807) is 7.11 Å². The topological polar surface area (TPSA) is 61.0 Å². The van der Waals surface area contributed by atoms with Gasteiger partial charge in [0.25, 0.3) is 0 Å². The molecule has 0 bridgehead atoms. The largest absolute Gasteiger partial charge is 0.496 e. The molecule has 2 aromatic rings. The monoisotopic (exact) mass is 321 g/mol. The summed E-state index contributed by atoms with van der Waals surface area (Å²) in [6.07, 6.45) is 0.687. The summed E-state index contributed by atoms with van der Waals surface area (Å²) >= 11 is 3.48. The summed E-state index contributed by atoms with van der Waals surface area (Å²) in [4.78, 5) is 8.92. The van der Waals surface area contributed by atoms with E-state index in [1.165, 1.54) is 0 Å². The quantitative estimate of drug-likeness (QED) is 0.940. The van der Waals surface area contributed by atoms with Crippen molar-refractivity contribution >= 4 is 15.9 Å². The van der Waals surface area contributed by atoms with E-state index in [1.807, 2.05) is 31.2 Å². The van der Waals surface area contributed by atoms with Gasteiger partial charge in [-0.15, -0.1) is 0 Å². The van der Waals surface area contributed by atoms with Crippen LogP contribution >= 0.6 is 15.9 Å². The van der Waals surface area contributed by atoms with Crippen molar-refractivity contribution in [2.45, 2.75) is 13.3 Å². The summed E-state index contributed by atoms with van der Waals surface area (Å²) in [5, 5.41) is 0. The number of benzene rings is 1. The number of halogens is 1. The molecule has 19 heavy (non-hydrogen) atoms. The van der Waals surface area contributed by atoms with Crippen LogP contribution in [0.3, 0.4) is 0 Å². The summed E-state index contributed by atoms with van der Waals surface area (Å²) in [5.74, 6) is 1.58. The van der Waals surface area contributed by atoms with Crippen molar-refractivity contribution in [3.63, 3.8) is 0 Å². The van der Waals surface area contributed by atoms with Crippen LogP contribution in [0.1, 0.15) is 11.5 Å². The summed E-state index contributed by atoms with van der Waals surface area (Å²) in [7, 11) is 1.65. The molecule has 0 spiro atoms. The van der Waals surface area contributed by atoms with E-state index in [0.717, 1.165) is 33.0 Å². The zero-order chi connectivity index (χ0) is 13.8. The normalized spacial score (nSPS) is 10.5. The fourth-order valence-corrected chi connectivity index (χ4v) is 2.39. The predicted octanol–water partition coefficient (Wildman–Crippen LogP) is 2.72. The van der Waals surface area contributed by atoms with Gasteiger partial charge in [-0.3, -0.25) is 0 Å². The van der Waals surface area contributed by atoms with E-state index < -0.39 is 0 Å². The molecule has 0 radical (unpaired) electrons. The van der Waals surface area contributed by atoms with Crippen molar-refractivity contribution in [3.05, 3.63) is 40.3 Å². The number of ether oxygens (including phenoxy) is 1. The molecule has 100 valence electrons. The molecule has 0 atom stereocenters. The fraction of sp³-hybridized carbons (Fsp3) is 0.286. The molecular weight excluding hydrogens is 306 g/mol. The lowest BCUT2D eigenvalue weighted by Crippen LogP contribution is -2.07. The second kappa shape index (κ2) is 6.12. The molecule has 1 heterocycles. The van der Waals surface area contributed by atoms with E-state index in [9.17, 15) is 0 Å². The highest BCUT2D eigenvalue weighted by molar-refractivity contribution is 9.10. The summed E-state index contributed by atoms with van der Waals surface area (Å²) in [6, 6.07) is 7.86. The first-order valence-corrected chi connectivity index (χ1v) is 6.82. The van der Waals surface area contributed by atoms with Crippen LogP contribution < -0.4 is 10.5 Å². The number of hydrogen-bond donors (Lipinski definition) is 1. The Morgan fingerprint density at radius 2 is 2.05 bits per heavy atom. The molecule has 0 amide bonds. The third-order valence-corrected chi connectivity index (χ3v) is 3.34. The highest BCUT2D eigenvalue weighted by atomic mass is 79.9. The average Bonchev–Trinajstić information content (AvgIpc) is 2.38. The lowest BCUT2D eigenvalue weighted by molar-refractivity contribution is 0.412. The minimum absolute atomic E-state index is 0.551. The Bertz CT molecular complexity index is 587. The number of rotatable bonds is 4. The Morgan fingerprint density at radius 3 is 2.68 bits per heavy atom. The Balaban J connectivity index is 2.43. The number of aromatic nitrogens is 2. The van der Waals surface area contributed by atoms with Gasteiger partial charge in [-0.05, 0) is 53.7 Å². The molecule has 0 aliphatic rings. The van der Waals surface area contributed by atoms with Crippen molar-refractivity contribution < 1.29 is 4.74 Å². The molecule has 0 unspecified atom stereocenters. The van der Waals surface area contributed by atoms with Gasteiger partial charge in [-0.25, -0.2) is 9.97 Å². The number of nitrogens with zero attached hydrogens (tertiary/aromatic N) is 2. The molecule has 0 aliphatic heterocycles. The molecule has 0 saturated carbocycles. The molecule has 2 N–H and O–H groups in total.